The standard InChI is InChI=1S/C37H44N2O5S/c1-8-36(4,5)26-17-20-33(31(23-26)37(6,7)9-2)44-22-12-21-38-35(41)30-24-32(28-13-10-11-14-29(28)34(30)40)39-45(42,43)27-18-15-25(3)16-19-27/h10-11,13-20,23-24H,8-9,12,21-22H2,1-7H3,(H,38,41)/b39-32+. The predicted octanol–water partition coefficient (Wildman–Crippen LogP) is 7.26. The molecule has 8 heteroatoms. The number of hydrogen-bond donors (Lipinski definition) is 1. The molecule has 0 saturated carbocycles. The summed E-state index contributed by atoms with van der Waals surface area (Å²) >= 11 is 0. The Morgan fingerprint density at radius 1 is 0.889 bits per heavy atom. The van der Waals surface area contributed by atoms with E-state index in [0.29, 0.717) is 18.6 Å². The van der Waals surface area contributed by atoms with Crippen LogP contribution in [0.1, 0.15) is 93.4 Å². The number of benzene rings is 3. The molecule has 0 unspecified atom stereocenters. The van der Waals surface area contributed by atoms with Gasteiger partial charge in [0.15, 0.2) is 5.78 Å². The summed E-state index contributed by atoms with van der Waals surface area (Å²) < 4.78 is 36.5. The van der Waals surface area contributed by atoms with E-state index in [4.69, 9.17) is 4.74 Å². The van der Waals surface area contributed by atoms with E-state index in [1.807, 2.05) is 13.0 Å². The third kappa shape index (κ3) is 7.61. The van der Waals surface area contributed by atoms with Gasteiger partial charge < -0.3 is 10.1 Å². The number of ketones is 1. The second kappa shape index (κ2) is 13.5. The van der Waals surface area contributed by atoms with Gasteiger partial charge in [-0.3, -0.25) is 9.59 Å². The number of carbonyl (C=O) groups excluding carboxylic acids is 2. The SMILES string of the molecule is CCC(C)(C)c1ccc(OCCCNC(=O)C2=C/C(=N\S(=O)(=O)c3ccc(C)cc3)c3ccccc3C2=O)c(C(C)(C)CC)c1. The maximum atomic E-state index is 13.3. The second-order valence-corrected chi connectivity index (χ2v) is 14.4. The van der Waals surface area contributed by atoms with Gasteiger partial charge in [0.25, 0.3) is 15.9 Å². The van der Waals surface area contributed by atoms with Crippen molar-refractivity contribution in [3.05, 3.63) is 106 Å². The van der Waals surface area contributed by atoms with Crippen molar-refractivity contribution in [2.24, 2.45) is 4.40 Å². The molecule has 45 heavy (non-hydrogen) atoms. The van der Waals surface area contributed by atoms with Crippen LogP contribution in [0.4, 0.5) is 0 Å². The van der Waals surface area contributed by atoms with Gasteiger partial charge >= 0.3 is 0 Å². The van der Waals surface area contributed by atoms with Gasteiger partial charge in [-0.15, -0.1) is 0 Å². The van der Waals surface area contributed by atoms with E-state index in [2.05, 4.69) is 63.4 Å². The van der Waals surface area contributed by atoms with Crippen LogP contribution < -0.4 is 10.1 Å². The van der Waals surface area contributed by atoms with Gasteiger partial charge in [-0.05, 0) is 66.9 Å². The first kappa shape index (κ1) is 33.8. The fraction of sp³-hybridized carbons (Fsp3) is 0.378. The zero-order chi connectivity index (χ0) is 33.0. The van der Waals surface area contributed by atoms with E-state index in [1.54, 1.807) is 36.4 Å². The normalized spacial score (nSPS) is 14.6. The number of Topliss-reactive ketones (excluding diaryl/α,β-unsaturated/α-hetero) is 1. The molecule has 0 heterocycles. The van der Waals surface area contributed by atoms with Gasteiger partial charge in [0.2, 0.25) is 0 Å². The molecule has 0 fully saturated rings. The second-order valence-electron chi connectivity index (χ2n) is 12.8. The molecule has 0 spiro atoms. The van der Waals surface area contributed by atoms with Crippen molar-refractivity contribution < 1.29 is 22.7 Å². The van der Waals surface area contributed by atoms with Crippen molar-refractivity contribution in [3.8, 4) is 5.75 Å². The zero-order valence-electron chi connectivity index (χ0n) is 27.4. The maximum absolute atomic E-state index is 13.3. The highest BCUT2D eigenvalue weighted by atomic mass is 32.2. The molecule has 0 aliphatic heterocycles. The lowest BCUT2D eigenvalue weighted by Gasteiger charge is -2.30. The van der Waals surface area contributed by atoms with Crippen molar-refractivity contribution in [2.45, 2.75) is 83.5 Å². The van der Waals surface area contributed by atoms with Crippen LogP contribution in [-0.4, -0.2) is 39.0 Å². The smallest absolute Gasteiger partial charge is 0.282 e. The lowest BCUT2D eigenvalue weighted by molar-refractivity contribution is -0.117. The van der Waals surface area contributed by atoms with Crippen LogP contribution in [0, 0.1) is 6.92 Å². The van der Waals surface area contributed by atoms with Gasteiger partial charge in [-0.2, -0.15) is 12.8 Å². The Labute approximate surface area is 267 Å². The van der Waals surface area contributed by atoms with Crippen LogP contribution in [0.5, 0.6) is 5.75 Å². The van der Waals surface area contributed by atoms with E-state index >= 15 is 0 Å². The van der Waals surface area contributed by atoms with Crippen molar-refractivity contribution >= 4 is 27.4 Å². The molecule has 0 bridgehead atoms. The molecule has 0 atom stereocenters. The molecule has 1 aliphatic rings. The zero-order valence-corrected chi connectivity index (χ0v) is 28.2. The summed E-state index contributed by atoms with van der Waals surface area (Å²) in [7, 11) is -4.08. The first-order chi connectivity index (χ1) is 21.2. The molecule has 0 aromatic heterocycles. The van der Waals surface area contributed by atoms with Crippen LogP contribution in [0.3, 0.4) is 0 Å². The van der Waals surface area contributed by atoms with E-state index in [9.17, 15) is 18.0 Å². The number of ether oxygens (including phenoxy) is 1. The van der Waals surface area contributed by atoms with Crippen molar-refractivity contribution in [1.82, 2.24) is 5.32 Å². The molecule has 0 saturated heterocycles. The highest BCUT2D eigenvalue weighted by molar-refractivity contribution is 7.90. The maximum Gasteiger partial charge on any atom is 0.282 e. The summed E-state index contributed by atoms with van der Waals surface area (Å²) in [6.45, 7) is 15.8. The number of hydrogen-bond acceptors (Lipinski definition) is 5. The summed E-state index contributed by atoms with van der Waals surface area (Å²) in [6, 6.07) is 19.4. The minimum atomic E-state index is -4.08. The molecule has 1 aliphatic carbocycles. The fourth-order valence-corrected chi connectivity index (χ4v) is 6.01. The summed E-state index contributed by atoms with van der Waals surface area (Å²) in [5, 5.41) is 2.80. The topological polar surface area (TPSA) is 102 Å². The Balaban J connectivity index is 1.48. The Morgan fingerprint density at radius 3 is 2.18 bits per heavy atom. The lowest BCUT2D eigenvalue weighted by atomic mass is 9.76. The highest BCUT2D eigenvalue weighted by Crippen LogP contribution is 2.38. The van der Waals surface area contributed by atoms with E-state index in [0.717, 1.165) is 29.7 Å². The molecular weight excluding hydrogens is 584 g/mol. The van der Waals surface area contributed by atoms with Crippen molar-refractivity contribution in [3.63, 3.8) is 0 Å². The van der Waals surface area contributed by atoms with Crippen LogP contribution in [0.2, 0.25) is 0 Å². The number of sulfonamides is 1. The van der Waals surface area contributed by atoms with Crippen LogP contribution >= 0.6 is 0 Å². The van der Waals surface area contributed by atoms with Crippen LogP contribution in [0.25, 0.3) is 0 Å². The summed E-state index contributed by atoms with van der Waals surface area (Å²) in [6.07, 6.45) is 3.76. The monoisotopic (exact) mass is 628 g/mol. The Hall–Kier alpha value is -4.04. The summed E-state index contributed by atoms with van der Waals surface area (Å²) in [5.41, 5.74) is 3.82. The minimum Gasteiger partial charge on any atom is -0.493 e. The van der Waals surface area contributed by atoms with Crippen molar-refractivity contribution in [1.29, 1.82) is 0 Å². The van der Waals surface area contributed by atoms with E-state index < -0.39 is 21.7 Å². The summed E-state index contributed by atoms with van der Waals surface area (Å²) in [4.78, 5) is 26.5. The predicted molar refractivity (Wildman–Crippen MR) is 180 cm³/mol. The Kier molecular flexibility index (Phi) is 10.2. The average Bonchev–Trinajstić information content (AvgIpc) is 3.02. The number of nitrogens with zero attached hydrogens (tertiary/aromatic N) is 1. The molecule has 0 radical (unpaired) electrons. The molecule has 7 nitrogen and oxygen atoms in total. The van der Waals surface area contributed by atoms with Gasteiger partial charge in [-0.25, -0.2) is 0 Å². The largest absolute Gasteiger partial charge is 0.493 e. The van der Waals surface area contributed by atoms with Crippen LogP contribution in [-0.2, 0) is 25.6 Å². The first-order valence-electron chi connectivity index (χ1n) is 15.5. The molecule has 4 rings (SSSR count). The molecule has 1 amide bonds. The quantitative estimate of drug-likeness (QED) is 0.168. The number of carbonyl (C=O) groups is 2. The summed E-state index contributed by atoms with van der Waals surface area (Å²) in [5.74, 6) is -0.234. The number of allylic oxidation sites excluding steroid dienone is 1. The average molecular weight is 629 g/mol. The minimum absolute atomic E-state index is 0.0311. The van der Waals surface area contributed by atoms with Crippen LogP contribution in [0.15, 0.2) is 87.7 Å². The van der Waals surface area contributed by atoms with E-state index in [-0.39, 0.29) is 39.1 Å². The molecule has 3 aromatic rings. The number of amides is 1. The van der Waals surface area contributed by atoms with Gasteiger partial charge in [0.1, 0.15) is 5.75 Å². The molecule has 3 aromatic carbocycles. The molecule has 238 valence electrons. The third-order valence-corrected chi connectivity index (χ3v) is 10.2. The molecule has 1 N–H and O–H groups in total. The Bertz CT molecular complexity index is 1750. The number of fused-ring (bicyclic) bond motifs is 1. The fourth-order valence-electron chi connectivity index (χ4n) is 5.02. The highest BCUT2D eigenvalue weighted by Gasteiger charge is 2.30. The van der Waals surface area contributed by atoms with Gasteiger partial charge in [-0.1, -0.05) is 95.6 Å². The Morgan fingerprint density at radius 2 is 1.53 bits per heavy atom. The van der Waals surface area contributed by atoms with Gasteiger partial charge in [0, 0.05) is 23.2 Å². The van der Waals surface area contributed by atoms with E-state index in [1.165, 1.54) is 23.8 Å². The number of rotatable bonds is 12. The number of aryl methyl sites for hydroxylation is 1. The van der Waals surface area contributed by atoms with Crippen molar-refractivity contribution in [2.75, 3.05) is 13.2 Å². The first-order valence-corrected chi connectivity index (χ1v) is 17.0. The van der Waals surface area contributed by atoms with Gasteiger partial charge in [0.05, 0.1) is 22.8 Å². The lowest BCUT2D eigenvalue weighted by Crippen LogP contribution is -2.33. The number of nitrogens with one attached hydrogen (secondary N) is 1. The third-order valence-electron chi connectivity index (χ3n) is 8.88. The molecular formula is C37H44N2O5S.